The lowest BCUT2D eigenvalue weighted by molar-refractivity contribution is -0.0328. The van der Waals surface area contributed by atoms with Gasteiger partial charge in [-0.3, -0.25) is 9.55 Å². The number of thioether (sulfide) groups is 1. The molecule has 0 spiro atoms. The number of benzene rings is 1. The lowest BCUT2D eigenvalue weighted by Gasteiger charge is -2.31. The van der Waals surface area contributed by atoms with Crippen LogP contribution in [0.25, 0.3) is 5.69 Å². The van der Waals surface area contributed by atoms with E-state index in [1.807, 2.05) is 20.8 Å². The van der Waals surface area contributed by atoms with E-state index in [2.05, 4.69) is 4.98 Å². The van der Waals surface area contributed by atoms with Crippen LogP contribution in [-0.4, -0.2) is 24.7 Å². The van der Waals surface area contributed by atoms with Gasteiger partial charge in [0.15, 0.2) is 0 Å². The lowest BCUT2D eigenvalue weighted by atomic mass is 9.82. The summed E-state index contributed by atoms with van der Waals surface area (Å²) in [7, 11) is 0. The van der Waals surface area contributed by atoms with E-state index in [0.29, 0.717) is 0 Å². The second-order valence-corrected chi connectivity index (χ2v) is 8.74. The highest BCUT2D eigenvalue weighted by atomic mass is 32.2. The Morgan fingerprint density at radius 1 is 1.03 bits per heavy atom. The summed E-state index contributed by atoms with van der Waals surface area (Å²) in [5.74, 6) is -0.297. The number of hydrogen-bond acceptors (Lipinski definition) is 4. The summed E-state index contributed by atoms with van der Waals surface area (Å²) >= 11 is -0.237. The van der Waals surface area contributed by atoms with Crippen LogP contribution in [0.1, 0.15) is 32.4 Å². The van der Waals surface area contributed by atoms with Gasteiger partial charge in [-0.25, -0.2) is 9.36 Å². The molecule has 1 unspecified atom stereocenters. The van der Waals surface area contributed by atoms with Crippen molar-refractivity contribution >= 4 is 11.8 Å². The first-order valence-corrected chi connectivity index (χ1v) is 9.58. The second-order valence-electron chi connectivity index (χ2n) is 7.60. The van der Waals surface area contributed by atoms with Crippen molar-refractivity contribution in [2.45, 2.75) is 37.2 Å². The zero-order valence-corrected chi connectivity index (χ0v) is 16.8. The maximum atomic E-state index is 13.1. The third kappa shape index (κ3) is 4.67. The van der Waals surface area contributed by atoms with Crippen LogP contribution in [0.15, 0.2) is 64.7 Å². The van der Waals surface area contributed by atoms with Gasteiger partial charge in [-0.15, -0.1) is 0 Å². The Balaban J connectivity index is 2.05. The molecule has 0 saturated heterocycles. The molecule has 3 aromatic rings. The molecule has 5 nitrogen and oxygen atoms in total. The standard InChI is InChI=1S/C20H20F3N3O2S/c1-19(2,3)17(13-8-10-24-11-9-13)25-12-16(27)26(18(25)28)14-4-6-15(7-5-14)29-20(21,22)23/h4-12,17,27H,1-3H3. The van der Waals surface area contributed by atoms with Gasteiger partial charge in [-0.2, -0.15) is 13.2 Å². The van der Waals surface area contributed by atoms with E-state index >= 15 is 0 Å². The maximum Gasteiger partial charge on any atom is 0.446 e. The van der Waals surface area contributed by atoms with Crippen molar-refractivity contribution in [2.24, 2.45) is 5.41 Å². The maximum absolute atomic E-state index is 13.1. The highest BCUT2D eigenvalue weighted by Crippen LogP contribution is 2.38. The van der Waals surface area contributed by atoms with Crippen molar-refractivity contribution < 1.29 is 18.3 Å². The minimum absolute atomic E-state index is 0.00225. The molecule has 9 heteroatoms. The number of imidazole rings is 1. The number of nitrogens with zero attached hydrogens (tertiary/aromatic N) is 3. The molecular formula is C20H20F3N3O2S. The van der Waals surface area contributed by atoms with Gasteiger partial charge in [0, 0.05) is 17.3 Å². The van der Waals surface area contributed by atoms with E-state index in [1.54, 1.807) is 24.5 Å². The number of alkyl halides is 3. The Kier molecular flexibility index (Phi) is 5.53. The van der Waals surface area contributed by atoms with Crippen LogP contribution < -0.4 is 5.69 Å². The van der Waals surface area contributed by atoms with Gasteiger partial charge in [0.2, 0.25) is 5.88 Å². The summed E-state index contributed by atoms with van der Waals surface area (Å²) in [4.78, 5) is 17.1. The summed E-state index contributed by atoms with van der Waals surface area (Å²) in [5, 5.41) is 10.4. The molecule has 1 N–H and O–H groups in total. The van der Waals surface area contributed by atoms with Gasteiger partial charge in [-0.1, -0.05) is 20.8 Å². The van der Waals surface area contributed by atoms with Crippen LogP contribution >= 0.6 is 11.8 Å². The average molecular weight is 423 g/mol. The molecule has 0 fully saturated rings. The van der Waals surface area contributed by atoms with Gasteiger partial charge in [0.1, 0.15) is 0 Å². The van der Waals surface area contributed by atoms with Crippen LogP contribution in [0.4, 0.5) is 13.2 Å². The van der Waals surface area contributed by atoms with Crippen molar-refractivity contribution in [3.05, 3.63) is 71.0 Å². The number of hydrogen-bond donors (Lipinski definition) is 1. The van der Waals surface area contributed by atoms with Crippen molar-refractivity contribution in [3.8, 4) is 11.6 Å². The van der Waals surface area contributed by atoms with Crippen LogP contribution in [-0.2, 0) is 0 Å². The Morgan fingerprint density at radius 3 is 2.14 bits per heavy atom. The van der Waals surface area contributed by atoms with Crippen molar-refractivity contribution in [1.29, 1.82) is 0 Å². The molecule has 3 rings (SSSR count). The Labute approximate surface area is 169 Å². The lowest BCUT2D eigenvalue weighted by Crippen LogP contribution is -2.34. The Hall–Kier alpha value is -2.68. The monoisotopic (exact) mass is 423 g/mol. The minimum atomic E-state index is -4.39. The fourth-order valence-corrected chi connectivity index (χ4v) is 3.84. The zero-order valence-electron chi connectivity index (χ0n) is 16.0. The molecule has 0 aliphatic heterocycles. The summed E-state index contributed by atoms with van der Waals surface area (Å²) < 4.78 is 40.1. The first kappa shape index (κ1) is 21.0. The minimum Gasteiger partial charge on any atom is -0.493 e. The largest absolute Gasteiger partial charge is 0.493 e. The van der Waals surface area contributed by atoms with E-state index in [-0.39, 0.29) is 39.7 Å². The molecule has 0 radical (unpaired) electrons. The Bertz CT molecular complexity index is 1040. The number of aromatic hydroxyl groups is 1. The van der Waals surface area contributed by atoms with E-state index in [9.17, 15) is 23.1 Å². The van der Waals surface area contributed by atoms with Gasteiger partial charge in [-0.05, 0) is 59.1 Å². The molecular weight excluding hydrogens is 403 g/mol. The van der Waals surface area contributed by atoms with Crippen molar-refractivity contribution in [2.75, 3.05) is 0 Å². The quantitative estimate of drug-likeness (QED) is 0.601. The third-order valence-electron chi connectivity index (χ3n) is 4.34. The fourth-order valence-electron chi connectivity index (χ4n) is 3.30. The number of aromatic nitrogens is 3. The van der Waals surface area contributed by atoms with E-state index in [1.165, 1.54) is 35.0 Å². The normalized spacial score (nSPS) is 13.4. The first-order valence-electron chi connectivity index (χ1n) is 8.76. The van der Waals surface area contributed by atoms with Crippen LogP contribution in [0, 0.1) is 5.41 Å². The van der Waals surface area contributed by atoms with Gasteiger partial charge >= 0.3 is 11.2 Å². The van der Waals surface area contributed by atoms with Crippen molar-refractivity contribution in [3.63, 3.8) is 0 Å². The van der Waals surface area contributed by atoms with Crippen LogP contribution in [0.5, 0.6) is 5.88 Å². The topological polar surface area (TPSA) is 60.0 Å². The van der Waals surface area contributed by atoms with E-state index in [4.69, 9.17) is 0 Å². The number of pyridine rings is 1. The zero-order chi connectivity index (χ0) is 21.4. The third-order valence-corrected chi connectivity index (χ3v) is 5.08. The molecule has 2 aromatic heterocycles. The summed E-state index contributed by atoms with van der Waals surface area (Å²) in [6.45, 7) is 5.92. The fraction of sp³-hybridized carbons (Fsp3) is 0.300. The number of halogens is 3. The van der Waals surface area contributed by atoms with E-state index in [0.717, 1.165) is 10.1 Å². The van der Waals surface area contributed by atoms with Crippen LogP contribution in [0.3, 0.4) is 0 Å². The molecule has 1 aromatic carbocycles. The van der Waals surface area contributed by atoms with Gasteiger partial charge in [0.25, 0.3) is 0 Å². The molecule has 0 amide bonds. The predicted octanol–water partition coefficient (Wildman–Crippen LogP) is 4.99. The van der Waals surface area contributed by atoms with Crippen molar-refractivity contribution in [1.82, 2.24) is 14.1 Å². The van der Waals surface area contributed by atoms with Crippen LogP contribution in [0.2, 0.25) is 0 Å². The highest BCUT2D eigenvalue weighted by molar-refractivity contribution is 8.00. The first-order chi connectivity index (χ1) is 13.5. The summed E-state index contributed by atoms with van der Waals surface area (Å²) in [6, 6.07) is 8.50. The number of rotatable bonds is 4. The molecule has 154 valence electrons. The summed E-state index contributed by atoms with van der Waals surface area (Å²) in [5.41, 5.74) is -4.12. The average Bonchev–Trinajstić information content (AvgIpc) is 2.88. The molecule has 0 bridgehead atoms. The molecule has 29 heavy (non-hydrogen) atoms. The highest BCUT2D eigenvalue weighted by Gasteiger charge is 2.31. The van der Waals surface area contributed by atoms with E-state index < -0.39 is 11.2 Å². The Morgan fingerprint density at radius 2 is 1.62 bits per heavy atom. The predicted molar refractivity (Wildman–Crippen MR) is 105 cm³/mol. The molecule has 0 aliphatic rings. The molecule has 2 heterocycles. The van der Waals surface area contributed by atoms with Gasteiger partial charge < -0.3 is 5.11 Å². The smallest absolute Gasteiger partial charge is 0.446 e. The molecule has 1 atom stereocenters. The second kappa shape index (κ2) is 7.62. The molecule has 0 aliphatic carbocycles. The summed E-state index contributed by atoms with van der Waals surface area (Å²) in [6.07, 6.45) is 4.61. The van der Waals surface area contributed by atoms with Gasteiger partial charge in [0.05, 0.1) is 17.9 Å². The molecule has 0 saturated carbocycles. The SMILES string of the molecule is CC(C)(C)C(c1ccncc1)n1cc(O)n(-c2ccc(SC(F)(F)F)cc2)c1=O.